The van der Waals surface area contributed by atoms with Crippen LogP contribution in [-0.4, -0.2) is 70.9 Å². The maximum Gasteiger partial charge on any atom is 0.416 e. The van der Waals surface area contributed by atoms with Crippen LogP contribution in [0.5, 0.6) is 17.2 Å². The Hall–Kier alpha value is -3.63. The van der Waals surface area contributed by atoms with E-state index in [4.69, 9.17) is 18.9 Å². The molecule has 1 amide bonds. The Kier molecular flexibility index (Phi) is 7.75. The van der Waals surface area contributed by atoms with Crippen molar-refractivity contribution in [1.82, 2.24) is 4.90 Å². The summed E-state index contributed by atoms with van der Waals surface area (Å²) >= 11 is 0. The summed E-state index contributed by atoms with van der Waals surface area (Å²) in [6, 6.07) is 7.91. The fourth-order valence-corrected chi connectivity index (χ4v) is 3.59. The van der Waals surface area contributed by atoms with Gasteiger partial charge < -0.3 is 28.7 Å². The molecule has 0 aliphatic carbocycles. The predicted octanol–water partition coefficient (Wildman–Crippen LogP) is 3.24. The van der Waals surface area contributed by atoms with Crippen LogP contribution in [-0.2, 0) is 15.7 Å². The van der Waals surface area contributed by atoms with Crippen molar-refractivity contribution in [2.24, 2.45) is 0 Å². The summed E-state index contributed by atoms with van der Waals surface area (Å²) in [5.41, 5.74) is -0.158. The second-order valence-corrected chi connectivity index (χ2v) is 7.41. The first-order chi connectivity index (χ1) is 16.2. The van der Waals surface area contributed by atoms with Crippen LogP contribution in [0.3, 0.4) is 0 Å². The van der Waals surface area contributed by atoms with E-state index in [0.717, 1.165) is 12.1 Å². The maximum absolute atomic E-state index is 13.0. The topological polar surface area (TPSA) is 77.5 Å². The lowest BCUT2D eigenvalue weighted by Crippen LogP contribution is -2.50. The quantitative estimate of drug-likeness (QED) is 0.561. The summed E-state index contributed by atoms with van der Waals surface area (Å²) in [6.45, 7) is 0.814. The molecular weight excluding hydrogens is 457 g/mol. The van der Waals surface area contributed by atoms with Gasteiger partial charge in [0.25, 0.3) is 5.91 Å². The first-order valence-corrected chi connectivity index (χ1v) is 10.3. The number of methoxy groups -OCH3 is 3. The molecule has 0 radical (unpaired) electrons. The van der Waals surface area contributed by atoms with Gasteiger partial charge in [-0.25, -0.2) is 4.79 Å². The van der Waals surface area contributed by atoms with E-state index < -0.39 is 30.2 Å². The van der Waals surface area contributed by atoms with Crippen molar-refractivity contribution in [3.8, 4) is 17.2 Å². The van der Waals surface area contributed by atoms with Crippen LogP contribution >= 0.6 is 0 Å². The summed E-state index contributed by atoms with van der Waals surface area (Å²) < 4.78 is 59.7. The SMILES string of the molecule is COc1cc(C(=O)OCC(=O)N2CCN(c3cccc(C(F)(F)F)c3)CC2)cc(OC)c1OC. The minimum absolute atomic E-state index is 0.122. The lowest BCUT2D eigenvalue weighted by Gasteiger charge is -2.36. The van der Waals surface area contributed by atoms with Gasteiger partial charge in [0, 0.05) is 31.9 Å². The summed E-state index contributed by atoms with van der Waals surface area (Å²) in [7, 11) is 4.26. The van der Waals surface area contributed by atoms with E-state index in [0.29, 0.717) is 24.5 Å². The van der Waals surface area contributed by atoms with Gasteiger partial charge in [-0.1, -0.05) is 6.07 Å². The third-order valence-corrected chi connectivity index (χ3v) is 5.40. The minimum atomic E-state index is -4.42. The Balaban J connectivity index is 1.56. The summed E-state index contributed by atoms with van der Waals surface area (Å²) in [5, 5.41) is 0. The Morgan fingerprint density at radius 3 is 2.06 bits per heavy atom. The molecule has 0 N–H and O–H groups in total. The van der Waals surface area contributed by atoms with Crippen molar-refractivity contribution in [3.63, 3.8) is 0 Å². The summed E-state index contributed by atoms with van der Waals surface area (Å²) in [5.74, 6) is -0.285. The monoisotopic (exact) mass is 482 g/mol. The number of piperazine rings is 1. The van der Waals surface area contributed by atoms with E-state index >= 15 is 0 Å². The molecule has 0 aromatic heterocycles. The molecule has 11 heteroatoms. The molecule has 2 aromatic rings. The summed E-state index contributed by atoms with van der Waals surface area (Å²) in [6.07, 6.45) is -4.42. The minimum Gasteiger partial charge on any atom is -0.493 e. The van der Waals surface area contributed by atoms with E-state index in [2.05, 4.69) is 0 Å². The van der Waals surface area contributed by atoms with E-state index in [9.17, 15) is 22.8 Å². The highest BCUT2D eigenvalue weighted by Crippen LogP contribution is 2.38. The molecule has 1 heterocycles. The molecule has 3 rings (SSSR count). The van der Waals surface area contributed by atoms with Crippen molar-refractivity contribution in [2.75, 3.05) is 59.0 Å². The van der Waals surface area contributed by atoms with Gasteiger partial charge in [0.2, 0.25) is 5.75 Å². The molecule has 1 aliphatic heterocycles. The first-order valence-electron chi connectivity index (χ1n) is 10.3. The normalized spacial score (nSPS) is 13.9. The van der Waals surface area contributed by atoms with E-state index in [-0.39, 0.29) is 30.2 Å². The number of hydrogen-bond donors (Lipinski definition) is 0. The number of ether oxygens (including phenoxy) is 4. The second-order valence-electron chi connectivity index (χ2n) is 7.41. The smallest absolute Gasteiger partial charge is 0.416 e. The molecule has 2 aromatic carbocycles. The lowest BCUT2D eigenvalue weighted by atomic mass is 10.1. The molecular formula is C23H25F3N2O6. The number of nitrogens with zero attached hydrogens (tertiary/aromatic N) is 2. The average Bonchev–Trinajstić information content (AvgIpc) is 2.85. The molecule has 0 saturated carbocycles. The number of esters is 1. The fraction of sp³-hybridized carbons (Fsp3) is 0.391. The molecule has 1 fully saturated rings. The molecule has 0 bridgehead atoms. The van der Waals surface area contributed by atoms with Crippen molar-refractivity contribution >= 4 is 17.6 Å². The number of carbonyl (C=O) groups is 2. The standard InChI is InChI=1S/C23H25F3N2O6/c1-31-18-11-15(12-19(32-2)21(18)33-3)22(30)34-14-20(29)28-9-7-27(8-10-28)17-6-4-5-16(13-17)23(24,25)26/h4-6,11-13H,7-10,14H2,1-3H3. The van der Waals surface area contributed by atoms with Gasteiger partial charge in [-0.05, 0) is 30.3 Å². The van der Waals surface area contributed by atoms with Crippen LogP contribution in [0.25, 0.3) is 0 Å². The largest absolute Gasteiger partial charge is 0.493 e. The van der Waals surface area contributed by atoms with E-state index in [1.807, 2.05) is 0 Å². The Labute approximate surface area is 194 Å². The van der Waals surface area contributed by atoms with Gasteiger partial charge in [0.15, 0.2) is 18.1 Å². The summed E-state index contributed by atoms with van der Waals surface area (Å²) in [4.78, 5) is 28.3. The number of anilines is 1. The van der Waals surface area contributed by atoms with Crippen LogP contribution < -0.4 is 19.1 Å². The number of alkyl halides is 3. The molecule has 34 heavy (non-hydrogen) atoms. The molecule has 0 spiro atoms. The molecule has 0 unspecified atom stereocenters. The highest BCUT2D eigenvalue weighted by Gasteiger charge is 2.31. The number of amides is 1. The molecule has 8 nitrogen and oxygen atoms in total. The van der Waals surface area contributed by atoms with Crippen LogP contribution in [0.2, 0.25) is 0 Å². The maximum atomic E-state index is 13.0. The Morgan fingerprint density at radius 2 is 1.53 bits per heavy atom. The predicted molar refractivity (Wildman–Crippen MR) is 117 cm³/mol. The zero-order chi connectivity index (χ0) is 24.9. The highest BCUT2D eigenvalue weighted by atomic mass is 19.4. The highest BCUT2D eigenvalue weighted by molar-refractivity contribution is 5.93. The first kappa shape index (κ1) is 25.0. The fourth-order valence-electron chi connectivity index (χ4n) is 3.59. The van der Waals surface area contributed by atoms with Crippen molar-refractivity contribution in [1.29, 1.82) is 0 Å². The van der Waals surface area contributed by atoms with Crippen LogP contribution in [0.15, 0.2) is 36.4 Å². The third kappa shape index (κ3) is 5.64. The Morgan fingerprint density at radius 1 is 0.912 bits per heavy atom. The van der Waals surface area contributed by atoms with Gasteiger partial charge in [0.05, 0.1) is 32.5 Å². The van der Waals surface area contributed by atoms with Crippen molar-refractivity contribution in [2.45, 2.75) is 6.18 Å². The van der Waals surface area contributed by atoms with Gasteiger partial charge in [-0.15, -0.1) is 0 Å². The Bertz CT molecular complexity index is 1010. The van der Waals surface area contributed by atoms with E-state index in [1.54, 1.807) is 11.0 Å². The van der Waals surface area contributed by atoms with Crippen LogP contribution in [0.4, 0.5) is 18.9 Å². The van der Waals surface area contributed by atoms with Crippen LogP contribution in [0.1, 0.15) is 15.9 Å². The third-order valence-electron chi connectivity index (χ3n) is 5.40. The lowest BCUT2D eigenvalue weighted by molar-refractivity contribution is -0.137. The van der Waals surface area contributed by atoms with Crippen molar-refractivity contribution < 1.29 is 41.7 Å². The van der Waals surface area contributed by atoms with Crippen molar-refractivity contribution in [3.05, 3.63) is 47.5 Å². The zero-order valence-electron chi connectivity index (χ0n) is 19.0. The number of rotatable bonds is 7. The number of halogens is 3. The molecule has 1 aliphatic rings. The number of hydrogen-bond acceptors (Lipinski definition) is 7. The number of benzene rings is 2. The molecule has 1 saturated heterocycles. The average molecular weight is 482 g/mol. The van der Waals surface area contributed by atoms with E-state index in [1.165, 1.54) is 44.4 Å². The number of carbonyl (C=O) groups excluding carboxylic acids is 2. The van der Waals surface area contributed by atoms with Gasteiger partial charge in [-0.2, -0.15) is 13.2 Å². The van der Waals surface area contributed by atoms with Gasteiger partial charge in [0.1, 0.15) is 0 Å². The molecule has 0 atom stereocenters. The molecule has 184 valence electrons. The second kappa shape index (κ2) is 10.5. The van der Waals surface area contributed by atoms with Crippen LogP contribution in [0, 0.1) is 0 Å². The van der Waals surface area contributed by atoms with Gasteiger partial charge >= 0.3 is 12.1 Å². The van der Waals surface area contributed by atoms with Gasteiger partial charge in [-0.3, -0.25) is 4.79 Å². The zero-order valence-corrected chi connectivity index (χ0v) is 19.0.